The van der Waals surface area contributed by atoms with E-state index in [-0.39, 0.29) is 12.1 Å². The smallest absolute Gasteiger partial charge is 0.328 e. The summed E-state index contributed by atoms with van der Waals surface area (Å²) in [6, 6.07) is 1.98. The Morgan fingerprint density at radius 1 is 1.40 bits per heavy atom. The van der Waals surface area contributed by atoms with Crippen LogP contribution in [0.2, 0.25) is 0 Å². The Hall–Kier alpha value is -2.48. The minimum absolute atomic E-state index is 0.0422. The van der Waals surface area contributed by atoms with E-state index >= 15 is 0 Å². The lowest BCUT2D eigenvalue weighted by Gasteiger charge is -2.22. The van der Waals surface area contributed by atoms with Crippen molar-refractivity contribution in [2.45, 2.75) is 32.4 Å². The Kier molecular flexibility index (Phi) is 10.0. The second-order valence-corrected chi connectivity index (χ2v) is 6.38. The summed E-state index contributed by atoms with van der Waals surface area (Å²) in [5.74, 6) is -2.22. The molecule has 0 aliphatic carbocycles. The number of carboxylic acids is 2. The molecule has 0 fully saturated rings. The number of aliphatic hydroxyl groups is 1. The fraction of sp³-hybridized carbons (Fsp3) is 0.467. The van der Waals surface area contributed by atoms with Crippen molar-refractivity contribution in [1.82, 2.24) is 9.69 Å². The lowest BCUT2D eigenvalue weighted by Crippen LogP contribution is -2.42. The van der Waals surface area contributed by atoms with E-state index in [0.29, 0.717) is 30.1 Å². The fourth-order valence-electron chi connectivity index (χ4n) is 1.21. The Morgan fingerprint density at radius 2 is 1.96 bits per heavy atom. The van der Waals surface area contributed by atoms with Gasteiger partial charge in [-0.25, -0.2) is 9.59 Å². The maximum atomic E-state index is 9.68. The van der Waals surface area contributed by atoms with Crippen molar-refractivity contribution in [2.75, 3.05) is 13.2 Å². The van der Waals surface area contributed by atoms with Gasteiger partial charge in [0.2, 0.25) is 5.88 Å². The molecule has 0 spiro atoms. The first-order chi connectivity index (χ1) is 11.5. The van der Waals surface area contributed by atoms with E-state index in [9.17, 15) is 14.7 Å². The summed E-state index contributed by atoms with van der Waals surface area (Å²) in [6.45, 7) is 6.63. The maximum absolute atomic E-state index is 9.68. The van der Waals surface area contributed by atoms with Crippen LogP contribution in [0.4, 0.5) is 0 Å². The first kappa shape index (κ1) is 22.5. The monoisotopic (exact) mass is 371 g/mol. The number of nitrogens with zero attached hydrogens (tertiary/aromatic N) is 2. The molecule has 0 aromatic carbocycles. The SMILES string of the molecule is CC(C)(C)NC[C@H](O)COc1nscc1C#N.O=C(O)/C=C\C(=O)O. The molecule has 0 saturated carbocycles. The molecule has 0 amide bonds. The predicted molar refractivity (Wildman–Crippen MR) is 90.5 cm³/mol. The molecule has 10 heteroatoms. The number of nitrogens with one attached hydrogen (secondary N) is 1. The molecule has 0 saturated heterocycles. The lowest BCUT2D eigenvalue weighted by molar-refractivity contribution is -0.134. The number of aliphatic carboxylic acids is 2. The molecule has 4 N–H and O–H groups in total. The van der Waals surface area contributed by atoms with Crippen molar-refractivity contribution in [3.8, 4) is 11.9 Å². The highest BCUT2D eigenvalue weighted by Crippen LogP contribution is 2.17. The highest BCUT2D eigenvalue weighted by Gasteiger charge is 2.14. The number of carbonyl (C=O) groups is 2. The fourth-order valence-corrected chi connectivity index (χ4v) is 1.76. The molecule has 1 rings (SSSR count). The zero-order valence-corrected chi connectivity index (χ0v) is 14.9. The molecule has 1 aromatic heterocycles. The van der Waals surface area contributed by atoms with Crippen LogP contribution in [0.5, 0.6) is 5.88 Å². The van der Waals surface area contributed by atoms with Gasteiger partial charge in [0, 0.05) is 29.6 Å². The van der Waals surface area contributed by atoms with Gasteiger partial charge in [-0.3, -0.25) is 0 Å². The van der Waals surface area contributed by atoms with E-state index < -0.39 is 18.0 Å². The molecule has 1 atom stereocenters. The van der Waals surface area contributed by atoms with Gasteiger partial charge in [0.15, 0.2) is 0 Å². The van der Waals surface area contributed by atoms with Crippen LogP contribution in [-0.4, -0.2) is 56.4 Å². The van der Waals surface area contributed by atoms with Crippen molar-refractivity contribution < 1.29 is 29.6 Å². The van der Waals surface area contributed by atoms with Crippen molar-refractivity contribution in [1.29, 1.82) is 5.26 Å². The highest BCUT2D eigenvalue weighted by atomic mass is 32.1. The molecular formula is C15H21N3O6S. The number of β-amino-alcohol motifs (C(OH)–C–C–N with tert-alkyl or cyclic N) is 1. The van der Waals surface area contributed by atoms with E-state index in [1.807, 2.05) is 26.8 Å². The van der Waals surface area contributed by atoms with Crippen LogP contribution >= 0.6 is 11.5 Å². The van der Waals surface area contributed by atoms with Gasteiger partial charge >= 0.3 is 11.9 Å². The van der Waals surface area contributed by atoms with Crippen molar-refractivity contribution in [3.05, 3.63) is 23.1 Å². The van der Waals surface area contributed by atoms with E-state index in [0.717, 1.165) is 0 Å². The molecule has 0 bridgehead atoms. The van der Waals surface area contributed by atoms with Gasteiger partial charge in [-0.15, -0.1) is 0 Å². The third-order valence-corrected chi connectivity index (χ3v) is 2.92. The summed E-state index contributed by atoms with van der Waals surface area (Å²) in [6.07, 6.45) is 0.493. The van der Waals surface area contributed by atoms with Crippen LogP contribution in [0.15, 0.2) is 17.5 Å². The van der Waals surface area contributed by atoms with Gasteiger partial charge in [0.05, 0.1) is 0 Å². The van der Waals surface area contributed by atoms with Crippen LogP contribution in [0.1, 0.15) is 26.3 Å². The number of ether oxygens (including phenoxy) is 1. The average Bonchev–Trinajstić information content (AvgIpc) is 2.96. The third kappa shape index (κ3) is 12.6. The molecule has 1 aromatic rings. The number of rotatable bonds is 7. The lowest BCUT2D eigenvalue weighted by atomic mass is 10.1. The van der Waals surface area contributed by atoms with Crippen molar-refractivity contribution in [3.63, 3.8) is 0 Å². The highest BCUT2D eigenvalue weighted by molar-refractivity contribution is 7.03. The second kappa shape index (κ2) is 11.1. The first-order valence-electron chi connectivity index (χ1n) is 7.09. The molecule has 9 nitrogen and oxygen atoms in total. The van der Waals surface area contributed by atoms with Gasteiger partial charge in [-0.1, -0.05) is 0 Å². The summed E-state index contributed by atoms with van der Waals surface area (Å²) in [7, 11) is 0. The number of hydrogen-bond donors (Lipinski definition) is 4. The van der Waals surface area contributed by atoms with Crippen LogP contribution < -0.4 is 10.1 Å². The molecule has 0 aliphatic rings. The summed E-state index contributed by atoms with van der Waals surface area (Å²) >= 11 is 1.17. The van der Waals surface area contributed by atoms with E-state index in [1.165, 1.54) is 11.5 Å². The van der Waals surface area contributed by atoms with E-state index in [2.05, 4.69) is 9.69 Å². The zero-order valence-electron chi connectivity index (χ0n) is 14.1. The topological polar surface area (TPSA) is 153 Å². The summed E-state index contributed by atoms with van der Waals surface area (Å²) in [4.78, 5) is 19.1. The molecule has 0 aliphatic heterocycles. The molecule has 1 heterocycles. The molecule has 25 heavy (non-hydrogen) atoms. The summed E-state index contributed by atoms with van der Waals surface area (Å²) in [5.41, 5.74) is 0.366. The van der Waals surface area contributed by atoms with Crippen LogP contribution in [0.3, 0.4) is 0 Å². The first-order valence-corrected chi connectivity index (χ1v) is 7.93. The molecule has 0 unspecified atom stereocenters. The quantitative estimate of drug-likeness (QED) is 0.511. The largest absolute Gasteiger partial charge is 0.478 e. The van der Waals surface area contributed by atoms with Crippen LogP contribution in [-0.2, 0) is 9.59 Å². The summed E-state index contributed by atoms with van der Waals surface area (Å²) in [5, 5.41) is 38.8. The molecular weight excluding hydrogens is 350 g/mol. The minimum Gasteiger partial charge on any atom is -0.478 e. The van der Waals surface area contributed by atoms with Crippen LogP contribution in [0, 0.1) is 11.3 Å². The van der Waals surface area contributed by atoms with Crippen molar-refractivity contribution >= 4 is 23.5 Å². The van der Waals surface area contributed by atoms with Gasteiger partial charge in [0.1, 0.15) is 24.3 Å². The third-order valence-electron chi connectivity index (χ3n) is 2.31. The average molecular weight is 371 g/mol. The normalized spacial score (nSPS) is 12.0. The molecule has 138 valence electrons. The van der Waals surface area contributed by atoms with Gasteiger partial charge < -0.3 is 25.4 Å². The summed E-state index contributed by atoms with van der Waals surface area (Å²) < 4.78 is 9.22. The zero-order chi connectivity index (χ0) is 19.5. The van der Waals surface area contributed by atoms with Gasteiger partial charge in [-0.05, 0) is 32.3 Å². The van der Waals surface area contributed by atoms with Gasteiger partial charge in [0.25, 0.3) is 0 Å². The standard InChI is InChI=1S/C11H17N3O2S.C4H4O4/c1-11(2,3)13-5-9(15)6-16-10-8(4-12)7-17-14-10;5-3(6)1-2-4(7)8/h7,9,13,15H,5-6H2,1-3H3;1-2H,(H,5,6)(H,7,8)/b;2-1-/t9-;/m0./s1. The van der Waals surface area contributed by atoms with Crippen molar-refractivity contribution in [2.24, 2.45) is 0 Å². The van der Waals surface area contributed by atoms with Crippen LogP contribution in [0.25, 0.3) is 0 Å². The minimum atomic E-state index is -1.26. The Bertz CT molecular complexity index is 614. The number of hydrogen-bond acceptors (Lipinski definition) is 8. The number of carboxylic acid groups (broad SMARTS) is 2. The molecule has 0 radical (unpaired) electrons. The maximum Gasteiger partial charge on any atom is 0.328 e. The second-order valence-electron chi connectivity index (χ2n) is 5.75. The number of nitriles is 1. The predicted octanol–water partition coefficient (Wildman–Crippen LogP) is 0.854. The number of aliphatic hydroxyl groups excluding tert-OH is 1. The Morgan fingerprint density at radius 3 is 2.40 bits per heavy atom. The Balaban J connectivity index is 0.000000609. The number of aromatic nitrogens is 1. The van der Waals surface area contributed by atoms with Gasteiger partial charge in [-0.2, -0.15) is 9.64 Å². The van der Waals surface area contributed by atoms with E-state index in [4.69, 9.17) is 20.2 Å². The Labute approximate surface area is 149 Å². The van der Waals surface area contributed by atoms with E-state index in [1.54, 1.807) is 5.38 Å².